The summed E-state index contributed by atoms with van der Waals surface area (Å²) in [7, 11) is 0. The first-order chi connectivity index (χ1) is 10.0. The molecule has 7 nitrogen and oxygen atoms in total. The van der Waals surface area contributed by atoms with Crippen molar-refractivity contribution in [3.63, 3.8) is 0 Å². The van der Waals surface area contributed by atoms with Crippen LogP contribution in [-0.4, -0.2) is 26.6 Å². The minimum atomic E-state index is -0.677. The lowest BCUT2D eigenvalue weighted by Crippen LogP contribution is -2.23. The molecule has 8 heteroatoms. The highest BCUT2D eigenvalue weighted by molar-refractivity contribution is 6.31. The largest absolute Gasteiger partial charge is 0.326 e. The van der Waals surface area contributed by atoms with Crippen LogP contribution in [0.15, 0.2) is 24.5 Å². The number of aromatic nitrogens is 3. The molecule has 1 atom stereocenters. The van der Waals surface area contributed by atoms with Crippen LogP contribution in [-0.2, 0) is 9.59 Å². The molecule has 1 aliphatic rings. The first kappa shape index (κ1) is 13.6. The van der Waals surface area contributed by atoms with E-state index < -0.39 is 6.04 Å². The highest BCUT2D eigenvalue weighted by atomic mass is 35.5. The fourth-order valence-electron chi connectivity index (χ4n) is 2.11. The van der Waals surface area contributed by atoms with Crippen LogP contribution in [0.1, 0.15) is 18.0 Å². The third-order valence-corrected chi connectivity index (χ3v) is 3.65. The Morgan fingerprint density at radius 1 is 1.52 bits per heavy atom. The summed E-state index contributed by atoms with van der Waals surface area (Å²) in [6.45, 7) is 1.88. The molecule has 0 radical (unpaired) electrons. The Balaban J connectivity index is 1.70. The lowest BCUT2D eigenvalue weighted by atomic mass is 10.2. The molecule has 0 unspecified atom stereocenters. The molecule has 2 N–H and O–H groups in total. The van der Waals surface area contributed by atoms with E-state index in [-0.39, 0.29) is 18.2 Å². The van der Waals surface area contributed by atoms with Crippen molar-refractivity contribution in [3.05, 3.63) is 35.1 Å². The number of hydrogen-bond donors (Lipinski definition) is 2. The summed E-state index contributed by atoms with van der Waals surface area (Å²) >= 11 is 6.01. The lowest BCUT2D eigenvalue weighted by molar-refractivity contribution is -0.123. The van der Waals surface area contributed by atoms with Crippen LogP contribution in [0.25, 0.3) is 0 Å². The third-order valence-electron chi connectivity index (χ3n) is 3.24. The second-order valence-corrected chi connectivity index (χ2v) is 5.16. The van der Waals surface area contributed by atoms with Crippen LogP contribution < -0.4 is 10.6 Å². The Morgan fingerprint density at radius 3 is 3.10 bits per heavy atom. The van der Waals surface area contributed by atoms with Gasteiger partial charge in [0, 0.05) is 10.7 Å². The summed E-state index contributed by atoms with van der Waals surface area (Å²) in [5.74, 6) is -0.225. The van der Waals surface area contributed by atoms with Crippen LogP contribution in [0.4, 0.5) is 11.6 Å². The molecule has 2 amide bonds. The number of rotatable bonds is 3. The highest BCUT2D eigenvalue weighted by Gasteiger charge is 2.33. The number of hydrogen-bond acceptors (Lipinski definition) is 4. The summed E-state index contributed by atoms with van der Waals surface area (Å²) in [5.41, 5.74) is 1.52. The van der Waals surface area contributed by atoms with Gasteiger partial charge in [-0.25, -0.2) is 4.68 Å². The Labute approximate surface area is 125 Å². The third kappa shape index (κ3) is 2.59. The van der Waals surface area contributed by atoms with Gasteiger partial charge in [0.25, 0.3) is 5.91 Å². The van der Waals surface area contributed by atoms with E-state index in [1.165, 1.54) is 11.0 Å². The molecule has 1 aliphatic heterocycles. The van der Waals surface area contributed by atoms with Gasteiger partial charge in [0.2, 0.25) is 11.9 Å². The zero-order valence-corrected chi connectivity index (χ0v) is 11.9. The van der Waals surface area contributed by atoms with E-state index >= 15 is 0 Å². The molecule has 21 heavy (non-hydrogen) atoms. The standard InChI is InChI=1S/C13H12ClN5O2/c1-7-2-3-8(4-9(7)14)17-11(20)5-10-12(21)18-13-15-6-16-19(10)13/h2-4,6,10H,5H2,1H3,(H,17,20)(H,15,16,18,21)/t10-/m1/s1. The van der Waals surface area contributed by atoms with Crippen LogP contribution >= 0.6 is 11.6 Å². The van der Waals surface area contributed by atoms with Crippen LogP contribution in [0.5, 0.6) is 0 Å². The van der Waals surface area contributed by atoms with E-state index in [1.807, 2.05) is 13.0 Å². The summed E-state index contributed by atoms with van der Waals surface area (Å²) in [6, 6.07) is 4.57. The molecule has 1 aromatic carbocycles. The fourth-order valence-corrected chi connectivity index (χ4v) is 2.29. The molecule has 0 saturated carbocycles. The molecule has 108 valence electrons. The smallest absolute Gasteiger partial charge is 0.252 e. The average molecular weight is 306 g/mol. The van der Waals surface area contributed by atoms with Gasteiger partial charge in [-0.3, -0.25) is 14.9 Å². The molecule has 0 spiro atoms. The molecule has 3 rings (SSSR count). The molecule has 0 fully saturated rings. The van der Waals surface area contributed by atoms with Gasteiger partial charge in [0.15, 0.2) is 0 Å². The van der Waals surface area contributed by atoms with Crippen molar-refractivity contribution in [2.24, 2.45) is 0 Å². The molecule has 0 aliphatic carbocycles. The van der Waals surface area contributed by atoms with Crippen LogP contribution in [0.3, 0.4) is 0 Å². The van der Waals surface area contributed by atoms with Crippen molar-refractivity contribution in [1.82, 2.24) is 14.8 Å². The maximum absolute atomic E-state index is 12.0. The highest BCUT2D eigenvalue weighted by Crippen LogP contribution is 2.25. The Bertz CT molecular complexity index is 727. The quantitative estimate of drug-likeness (QED) is 0.904. The van der Waals surface area contributed by atoms with E-state index in [2.05, 4.69) is 20.7 Å². The number of fused-ring (bicyclic) bond motifs is 1. The summed E-state index contributed by atoms with van der Waals surface area (Å²) in [5, 5.41) is 9.79. The molecule has 2 heterocycles. The number of nitrogens with zero attached hydrogens (tertiary/aromatic N) is 3. The second kappa shape index (κ2) is 5.17. The van der Waals surface area contributed by atoms with Gasteiger partial charge < -0.3 is 5.32 Å². The predicted molar refractivity (Wildman–Crippen MR) is 77.1 cm³/mol. The average Bonchev–Trinajstić information content (AvgIpc) is 2.97. The van der Waals surface area contributed by atoms with Gasteiger partial charge in [-0.1, -0.05) is 17.7 Å². The molecular formula is C13H12ClN5O2. The van der Waals surface area contributed by atoms with Crippen LogP contribution in [0, 0.1) is 6.92 Å². The monoisotopic (exact) mass is 305 g/mol. The van der Waals surface area contributed by atoms with Crippen molar-refractivity contribution < 1.29 is 9.59 Å². The summed E-state index contributed by atoms with van der Waals surface area (Å²) in [4.78, 5) is 27.7. The van der Waals surface area contributed by atoms with E-state index in [0.717, 1.165) is 5.56 Å². The molecular weight excluding hydrogens is 294 g/mol. The molecule has 0 saturated heterocycles. The normalized spacial score (nSPS) is 16.5. The number of aryl methyl sites for hydroxylation is 1. The number of carbonyl (C=O) groups excluding carboxylic acids is 2. The number of anilines is 2. The number of nitrogens with one attached hydrogen (secondary N) is 2. The number of halogens is 1. The van der Waals surface area contributed by atoms with Crippen molar-refractivity contribution in [1.29, 1.82) is 0 Å². The summed E-state index contributed by atoms with van der Waals surface area (Å²) < 4.78 is 1.41. The zero-order chi connectivity index (χ0) is 15.0. The first-order valence-electron chi connectivity index (χ1n) is 6.31. The van der Waals surface area contributed by atoms with E-state index in [0.29, 0.717) is 16.7 Å². The first-order valence-corrected chi connectivity index (χ1v) is 6.69. The van der Waals surface area contributed by atoms with Gasteiger partial charge in [-0.15, -0.1) is 0 Å². The molecule has 1 aromatic heterocycles. The molecule has 0 bridgehead atoms. The minimum absolute atomic E-state index is 0.0201. The second-order valence-electron chi connectivity index (χ2n) is 4.75. The Hall–Kier alpha value is -2.41. The van der Waals surface area contributed by atoms with Gasteiger partial charge in [-0.2, -0.15) is 10.1 Å². The SMILES string of the molecule is Cc1ccc(NC(=O)C[C@@H]2C(=O)Nc3ncnn32)cc1Cl. The Kier molecular flexibility index (Phi) is 3.34. The van der Waals surface area contributed by atoms with Gasteiger partial charge in [0.05, 0.1) is 6.42 Å². The number of benzene rings is 1. The fraction of sp³-hybridized carbons (Fsp3) is 0.231. The van der Waals surface area contributed by atoms with Gasteiger partial charge in [-0.05, 0) is 24.6 Å². The Morgan fingerprint density at radius 2 is 2.33 bits per heavy atom. The van der Waals surface area contributed by atoms with E-state index in [1.54, 1.807) is 12.1 Å². The van der Waals surface area contributed by atoms with Gasteiger partial charge >= 0.3 is 0 Å². The van der Waals surface area contributed by atoms with Crippen molar-refractivity contribution in [2.45, 2.75) is 19.4 Å². The maximum atomic E-state index is 12.0. The van der Waals surface area contributed by atoms with Crippen LogP contribution in [0.2, 0.25) is 5.02 Å². The topological polar surface area (TPSA) is 88.9 Å². The van der Waals surface area contributed by atoms with E-state index in [4.69, 9.17) is 11.6 Å². The van der Waals surface area contributed by atoms with Crippen molar-refractivity contribution >= 4 is 35.1 Å². The van der Waals surface area contributed by atoms with Gasteiger partial charge in [0.1, 0.15) is 12.4 Å². The minimum Gasteiger partial charge on any atom is -0.326 e. The molecule has 2 aromatic rings. The predicted octanol–water partition coefficient (Wildman–Crippen LogP) is 1.76. The summed E-state index contributed by atoms with van der Waals surface area (Å²) in [6.07, 6.45) is 1.31. The van der Waals surface area contributed by atoms with Crippen molar-refractivity contribution in [3.8, 4) is 0 Å². The maximum Gasteiger partial charge on any atom is 0.252 e. The number of amides is 2. The zero-order valence-electron chi connectivity index (χ0n) is 11.1. The van der Waals surface area contributed by atoms with E-state index in [9.17, 15) is 9.59 Å². The lowest BCUT2D eigenvalue weighted by Gasteiger charge is -2.10. The van der Waals surface area contributed by atoms with Crippen molar-refractivity contribution in [2.75, 3.05) is 10.6 Å². The number of carbonyl (C=O) groups is 2.